The molecular formula is C34H22N2O3Si2. The molecular weight excluding hydrogens is 541 g/mol. The van der Waals surface area contributed by atoms with Crippen molar-refractivity contribution < 1.29 is 14.2 Å². The molecule has 0 aliphatic carbocycles. The monoisotopic (exact) mass is 562 g/mol. The fraction of sp³-hybridized carbons (Fsp3) is 0. The van der Waals surface area contributed by atoms with Gasteiger partial charge in [0.15, 0.2) is 0 Å². The van der Waals surface area contributed by atoms with Gasteiger partial charge in [-0.2, -0.15) is 0 Å². The first kappa shape index (κ1) is 22.8. The molecule has 4 heterocycles. The minimum absolute atomic E-state index is 0.564. The Bertz CT molecular complexity index is 1980. The summed E-state index contributed by atoms with van der Waals surface area (Å²) in [6.07, 6.45) is 3.47. The van der Waals surface area contributed by atoms with Gasteiger partial charge in [0, 0.05) is 28.7 Å². The lowest BCUT2D eigenvalue weighted by Gasteiger charge is -2.41. The molecule has 0 bridgehead atoms. The molecule has 6 aromatic rings. The van der Waals surface area contributed by atoms with Crippen LogP contribution in [0.1, 0.15) is 0 Å². The number of fused-ring (bicyclic) bond motifs is 10. The highest BCUT2D eigenvalue weighted by Gasteiger charge is 2.55. The van der Waals surface area contributed by atoms with Gasteiger partial charge in [0.25, 0.3) is 0 Å². The van der Waals surface area contributed by atoms with E-state index in [9.17, 15) is 0 Å². The standard InChI is InChI=1S/C34H22N2O3Si2/c1-4-14-26-23(11-1)37-31-21(9-7-15-27(31)40-26)22-10-8-18-30-32(22)38-24-12-2-5-16-28(24)41(30)29-17-6-3-13-25(29)39-33-34(41)36-20-19-35-33/h1-20H,40H2. The van der Waals surface area contributed by atoms with E-state index >= 15 is 0 Å². The zero-order valence-electron chi connectivity index (χ0n) is 21.9. The first-order valence-corrected chi connectivity index (χ1v) is 17.1. The van der Waals surface area contributed by atoms with Gasteiger partial charge in [-0.05, 0) is 38.9 Å². The second-order valence-corrected chi connectivity index (χ2v) is 16.0. The van der Waals surface area contributed by atoms with Crippen molar-refractivity contribution in [1.29, 1.82) is 0 Å². The van der Waals surface area contributed by atoms with Crippen LogP contribution >= 0.6 is 0 Å². The Kier molecular flexibility index (Phi) is 4.73. The fourth-order valence-electron chi connectivity index (χ4n) is 6.70. The average Bonchev–Trinajstić information content (AvgIpc) is 3.03. The van der Waals surface area contributed by atoms with E-state index in [0.29, 0.717) is 5.88 Å². The van der Waals surface area contributed by atoms with Gasteiger partial charge in [0.2, 0.25) is 14.0 Å². The van der Waals surface area contributed by atoms with Crippen LogP contribution in [0.15, 0.2) is 122 Å². The Morgan fingerprint density at radius 1 is 0.488 bits per heavy atom. The Morgan fingerprint density at radius 3 is 1.90 bits per heavy atom. The second-order valence-electron chi connectivity index (χ2n) is 10.5. The highest BCUT2D eigenvalue weighted by atomic mass is 28.3. The van der Waals surface area contributed by atoms with E-state index in [1.165, 1.54) is 10.4 Å². The van der Waals surface area contributed by atoms with Crippen LogP contribution in [0.5, 0.6) is 34.6 Å². The maximum atomic E-state index is 6.88. The van der Waals surface area contributed by atoms with Crippen molar-refractivity contribution in [2.45, 2.75) is 0 Å². The van der Waals surface area contributed by atoms with Crippen molar-refractivity contribution in [1.82, 2.24) is 9.97 Å². The average molecular weight is 563 g/mol. The second kappa shape index (κ2) is 8.51. The molecule has 7 heteroatoms. The van der Waals surface area contributed by atoms with E-state index in [1.54, 1.807) is 12.4 Å². The predicted octanol–water partition coefficient (Wildman–Crippen LogP) is 2.96. The van der Waals surface area contributed by atoms with Gasteiger partial charge in [-0.1, -0.05) is 91.0 Å². The third-order valence-electron chi connectivity index (χ3n) is 8.39. The van der Waals surface area contributed by atoms with Crippen molar-refractivity contribution in [2.75, 3.05) is 0 Å². The van der Waals surface area contributed by atoms with Crippen molar-refractivity contribution in [2.24, 2.45) is 0 Å². The predicted molar refractivity (Wildman–Crippen MR) is 166 cm³/mol. The summed E-state index contributed by atoms with van der Waals surface area (Å²) in [5, 5.41) is 6.95. The number of rotatable bonds is 1. The number of ether oxygens (including phenoxy) is 3. The first-order valence-electron chi connectivity index (χ1n) is 13.7. The minimum atomic E-state index is -2.97. The maximum Gasteiger partial charge on any atom is 0.237 e. The molecule has 41 heavy (non-hydrogen) atoms. The van der Waals surface area contributed by atoms with Gasteiger partial charge >= 0.3 is 0 Å². The summed E-state index contributed by atoms with van der Waals surface area (Å²) in [5.74, 6) is 4.99. The van der Waals surface area contributed by atoms with Gasteiger partial charge in [-0.3, -0.25) is 4.98 Å². The molecule has 1 unspecified atom stereocenters. The maximum absolute atomic E-state index is 6.88. The fourth-order valence-corrected chi connectivity index (χ4v) is 13.3. The Labute approximate surface area is 239 Å². The summed E-state index contributed by atoms with van der Waals surface area (Å²) in [6.45, 7) is 0. The van der Waals surface area contributed by atoms with Crippen LogP contribution in [-0.4, -0.2) is 27.6 Å². The van der Waals surface area contributed by atoms with Crippen LogP contribution in [-0.2, 0) is 0 Å². The molecule has 0 fully saturated rings. The molecule has 5 aromatic carbocycles. The van der Waals surface area contributed by atoms with Crippen molar-refractivity contribution in [3.8, 4) is 45.8 Å². The lowest BCUT2D eigenvalue weighted by Crippen LogP contribution is -2.78. The summed E-state index contributed by atoms with van der Waals surface area (Å²) < 4.78 is 19.9. The van der Waals surface area contributed by atoms with Crippen molar-refractivity contribution in [3.05, 3.63) is 122 Å². The Hall–Kier alpha value is -4.99. The number of para-hydroxylation sites is 5. The lowest BCUT2D eigenvalue weighted by molar-refractivity contribution is 0.463. The number of aromatic nitrogens is 2. The SMILES string of the molecule is c1ccc2c(c1)Oc1c(cccc1-c1cccc3c1Oc1ccccc1[Si]31c3ccccc3Oc3nccnc31)[SiH2]2. The quantitative estimate of drug-likeness (QED) is 0.288. The topological polar surface area (TPSA) is 53.5 Å². The van der Waals surface area contributed by atoms with Gasteiger partial charge in [0.1, 0.15) is 34.1 Å². The van der Waals surface area contributed by atoms with E-state index < -0.39 is 17.6 Å². The van der Waals surface area contributed by atoms with E-state index in [-0.39, 0.29) is 0 Å². The molecule has 0 saturated heterocycles. The Morgan fingerprint density at radius 2 is 1.07 bits per heavy atom. The van der Waals surface area contributed by atoms with Crippen molar-refractivity contribution >= 4 is 48.8 Å². The van der Waals surface area contributed by atoms with Crippen LogP contribution in [0.25, 0.3) is 11.1 Å². The summed E-state index contributed by atoms with van der Waals surface area (Å²) >= 11 is 0. The molecule has 1 aromatic heterocycles. The van der Waals surface area contributed by atoms with Crippen molar-refractivity contribution in [3.63, 3.8) is 0 Å². The summed E-state index contributed by atoms with van der Waals surface area (Å²) in [5.41, 5.74) is 2.06. The lowest BCUT2D eigenvalue weighted by atomic mass is 10.0. The molecule has 3 aliphatic rings. The largest absolute Gasteiger partial charge is 0.457 e. The van der Waals surface area contributed by atoms with Crippen LogP contribution in [0.3, 0.4) is 0 Å². The summed E-state index contributed by atoms with van der Waals surface area (Å²) in [6, 6.07) is 38.1. The Balaban J connectivity index is 1.36. The first-order chi connectivity index (χ1) is 20.3. The van der Waals surface area contributed by atoms with E-state index in [1.807, 2.05) is 24.3 Å². The number of hydrogen-bond acceptors (Lipinski definition) is 5. The summed E-state index contributed by atoms with van der Waals surface area (Å²) in [4.78, 5) is 9.66. The number of nitrogens with zero attached hydrogens (tertiary/aromatic N) is 2. The molecule has 1 atom stereocenters. The zero-order chi connectivity index (χ0) is 27.0. The molecule has 3 aliphatic heterocycles. The molecule has 9 rings (SSSR count). The van der Waals surface area contributed by atoms with Crippen LogP contribution in [0.2, 0.25) is 0 Å². The van der Waals surface area contributed by atoms with E-state index in [2.05, 4.69) is 89.9 Å². The molecule has 0 saturated carbocycles. The molecule has 0 radical (unpaired) electrons. The van der Waals surface area contributed by atoms with E-state index in [0.717, 1.165) is 60.8 Å². The molecule has 5 nitrogen and oxygen atoms in total. The van der Waals surface area contributed by atoms with Gasteiger partial charge in [0.05, 0.1) is 9.52 Å². The highest BCUT2D eigenvalue weighted by molar-refractivity contribution is 7.21. The van der Waals surface area contributed by atoms with Crippen LogP contribution < -0.4 is 45.5 Å². The van der Waals surface area contributed by atoms with Gasteiger partial charge < -0.3 is 14.2 Å². The minimum Gasteiger partial charge on any atom is -0.457 e. The number of benzene rings is 5. The van der Waals surface area contributed by atoms with Crippen LogP contribution in [0.4, 0.5) is 0 Å². The van der Waals surface area contributed by atoms with Gasteiger partial charge in [-0.25, -0.2) is 4.98 Å². The molecule has 0 N–H and O–H groups in total. The third kappa shape index (κ3) is 3.10. The number of hydrogen-bond donors (Lipinski definition) is 0. The van der Waals surface area contributed by atoms with Gasteiger partial charge in [-0.15, -0.1) is 0 Å². The zero-order valence-corrected chi connectivity index (χ0v) is 24.3. The van der Waals surface area contributed by atoms with Crippen LogP contribution in [0, 0.1) is 0 Å². The smallest absolute Gasteiger partial charge is 0.237 e. The highest BCUT2D eigenvalue weighted by Crippen LogP contribution is 2.42. The van der Waals surface area contributed by atoms with E-state index in [4.69, 9.17) is 19.2 Å². The molecule has 194 valence electrons. The molecule has 0 amide bonds. The summed E-state index contributed by atoms with van der Waals surface area (Å²) in [7, 11) is -3.65. The third-order valence-corrected chi connectivity index (χ3v) is 15.0. The molecule has 1 spiro atoms. The normalized spacial score (nSPS) is 17.5.